The second-order valence-electron chi connectivity index (χ2n) is 9.44. The van der Waals surface area contributed by atoms with Gasteiger partial charge in [0.2, 0.25) is 17.7 Å². The second kappa shape index (κ2) is 9.45. The Kier molecular flexibility index (Phi) is 6.20. The van der Waals surface area contributed by atoms with Crippen molar-refractivity contribution < 1.29 is 14.4 Å². The quantitative estimate of drug-likeness (QED) is 0.462. The van der Waals surface area contributed by atoms with Crippen molar-refractivity contribution in [3.8, 4) is 11.1 Å². The predicted molar refractivity (Wildman–Crippen MR) is 133 cm³/mol. The van der Waals surface area contributed by atoms with Crippen LogP contribution < -0.4 is 0 Å². The Morgan fingerprint density at radius 1 is 0.971 bits per heavy atom. The molecule has 1 atom stereocenters. The first-order valence-electron chi connectivity index (χ1n) is 12.2. The van der Waals surface area contributed by atoms with Gasteiger partial charge < -0.3 is 4.90 Å². The van der Waals surface area contributed by atoms with Gasteiger partial charge in [-0.15, -0.1) is 0 Å². The van der Waals surface area contributed by atoms with E-state index in [4.69, 9.17) is 0 Å². The number of amides is 3. The molecule has 5 rings (SSSR count). The lowest BCUT2D eigenvalue weighted by Crippen LogP contribution is -2.44. The van der Waals surface area contributed by atoms with Crippen LogP contribution in [0.25, 0.3) is 11.1 Å². The van der Waals surface area contributed by atoms with Crippen LogP contribution in [0.2, 0.25) is 0 Å². The van der Waals surface area contributed by atoms with Gasteiger partial charge in [-0.05, 0) is 54.2 Å². The van der Waals surface area contributed by atoms with Crippen molar-refractivity contribution in [2.24, 2.45) is 0 Å². The van der Waals surface area contributed by atoms with Gasteiger partial charge in [0, 0.05) is 44.4 Å². The zero-order valence-corrected chi connectivity index (χ0v) is 19.9. The van der Waals surface area contributed by atoms with Crippen molar-refractivity contribution in [2.45, 2.75) is 50.6 Å². The summed E-state index contributed by atoms with van der Waals surface area (Å²) in [6, 6.07) is 21.5. The molecule has 1 saturated carbocycles. The molecule has 3 aromatic rings. The zero-order valence-electron chi connectivity index (χ0n) is 19.9. The minimum Gasteiger partial charge on any atom is -0.339 e. The maximum absolute atomic E-state index is 13.8. The average molecular weight is 468 g/mol. The Bertz CT molecular complexity index is 1220. The SMILES string of the molecule is CCN(Cc1ccncc1)C(=O)C[C@]1(c2ccc(-c3ccccc3)cc2)CC(=O)N(C2CC2)C1=O. The highest BCUT2D eigenvalue weighted by Crippen LogP contribution is 2.45. The Balaban J connectivity index is 1.47. The molecule has 2 aliphatic rings. The van der Waals surface area contributed by atoms with E-state index in [1.54, 1.807) is 17.3 Å². The van der Waals surface area contributed by atoms with Gasteiger partial charge in [-0.3, -0.25) is 24.3 Å². The summed E-state index contributed by atoms with van der Waals surface area (Å²) in [6.07, 6.45) is 5.11. The maximum Gasteiger partial charge on any atom is 0.241 e. The van der Waals surface area contributed by atoms with E-state index in [1.807, 2.05) is 73.7 Å². The van der Waals surface area contributed by atoms with Gasteiger partial charge in [-0.25, -0.2) is 0 Å². The summed E-state index contributed by atoms with van der Waals surface area (Å²) in [5, 5.41) is 0. The van der Waals surface area contributed by atoms with Gasteiger partial charge in [-0.1, -0.05) is 54.6 Å². The molecule has 0 unspecified atom stereocenters. The molecule has 0 radical (unpaired) electrons. The van der Waals surface area contributed by atoms with Crippen molar-refractivity contribution in [3.05, 3.63) is 90.3 Å². The molecule has 3 amide bonds. The van der Waals surface area contributed by atoms with E-state index in [2.05, 4.69) is 4.98 Å². The minimum absolute atomic E-state index is 0.0188. The Morgan fingerprint density at radius 2 is 1.63 bits per heavy atom. The number of rotatable bonds is 8. The second-order valence-corrected chi connectivity index (χ2v) is 9.44. The number of aromatic nitrogens is 1. The van der Waals surface area contributed by atoms with Crippen molar-refractivity contribution in [3.63, 3.8) is 0 Å². The maximum atomic E-state index is 13.8. The molecule has 178 valence electrons. The molecule has 6 nitrogen and oxygen atoms in total. The molecule has 0 N–H and O–H groups in total. The topological polar surface area (TPSA) is 70.6 Å². The molecule has 0 bridgehead atoms. The molecule has 6 heteroatoms. The van der Waals surface area contributed by atoms with Crippen LogP contribution >= 0.6 is 0 Å². The van der Waals surface area contributed by atoms with Crippen LogP contribution in [0.15, 0.2) is 79.1 Å². The Labute approximate surface area is 205 Å². The fraction of sp³-hybridized carbons (Fsp3) is 0.310. The summed E-state index contributed by atoms with van der Waals surface area (Å²) in [5.41, 5.74) is 2.64. The van der Waals surface area contributed by atoms with Crippen molar-refractivity contribution in [1.29, 1.82) is 0 Å². The zero-order chi connectivity index (χ0) is 24.4. The summed E-state index contributed by atoms with van der Waals surface area (Å²) in [6.45, 7) is 2.88. The van der Waals surface area contributed by atoms with E-state index < -0.39 is 5.41 Å². The number of benzene rings is 2. The van der Waals surface area contributed by atoms with Crippen LogP contribution in [0.5, 0.6) is 0 Å². The molecule has 2 fully saturated rings. The molecule has 1 saturated heterocycles. The summed E-state index contributed by atoms with van der Waals surface area (Å²) in [5.74, 6) is -0.532. The van der Waals surface area contributed by atoms with E-state index in [0.29, 0.717) is 13.1 Å². The number of pyridine rings is 1. The molecular formula is C29H29N3O3. The van der Waals surface area contributed by atoms with Gasteiger partial charge in [0.05, 0.1) is 5.41 Å². The summed E-state index contributed by atoms with van der Waals surface area (Å²) >= 11 is 0. The largest absolute Gasteiger partial charge is 0.339 e. The third kappa shape index (κ3) is 4.48. The van der Waals surface area contributed by atoms with E-state index >= 15 is 0 Å². The smallest absolute Gasteiger partial charge is 0.241 e. The molecule has 0 spiro atoms. The van der Waals surface area contributed by atoms with Gasteiger partial charge >= 0.3 is 0 Å². The highest BCUT2D eigenvalue weighted by Gasteiger charge is 2.57. The average Bonchev–Trinajstić information content (AvgIpc) is 3.69. The summed E-state index contributed by atoms with van der Waals surface area (Å²) < 4.78 is 0. The fourth-order valence-electron chi connectivity index (χ4n) is 5.00. The monoisotopic (exact) mass is 467 g/mol. The van der Waals surface area contributed by atoms with Crippen LogP contribution in [0.1, 0.15) is 43.7 Å². The van der Waals surface area contributed by atoms with E-state index in [1.165, 1.54) is 4.90 Å². The van der Waals surface area contributed by atoms with Crippen LogP contribution in [-0.4, -0.2) is 45.1 Å². The lowest BCUT2D eigenvalue weighted by molar-refractivity contribution is -0.143. The van der Waals surface area contributed by atoms with Gasteiger partial charge in [0.1, 0.15) is 0 Å². The van der Waals surface area contributed by atoms with Gasteiger partial charge in [0.15, 0.2) is 0 Å². The first-order chi connectivity index (χ1) is 17.0. The molecule has 1 aromatic heterocycles. The summed E-state index contributed by atoms with van der Waals surface area (Å²) in [4.78, 5) is 47.6. The van der Waals surface area contributed by atoms with Crippen LogP contribution in [-0.2, 0) is 26.3 Å². The normalized spacial score (nSPS) is 19.7. The third-order valence-electron chi connectivity index (χ3n) is 7.12. The molecule has 2 aromatic carbocycles. The highest BCUT2D eigenvalue weighted by molar-refractivity contribution is 6.11. The van der Waals surface area contributed by atoms with Crippen molar-refractivity contribution in [2.75, 3.05) is 6.54 Å². The molecular weight excluding hydrogens is 438 g/mol. The number of carbonyl (C=O) groups excluding carboxylic acids is 3. The molecule has 2 heterocycles. The van der Waals surface area contributed by atoms with Gasteiger partial charge in [0.25, 0.3) is 0 Å². The van der Waals surface area contributed by atoms with E-state index in [0.717, 1.165) is 35.1 Å². The van der Waals surface area contributed by atoms with Crippen LogP contribution in [0, 0.1) is 0 Å². The lowest BCUT2D eigenvalue weighted by atomic mass is 9.75. The van der Waals surface area contributed by atoms with E-state index in [-0.39, 0.29) is 36.6 Å². The molecule has 35 heavy (non-hydrogen) atoms. The van der Waals surface area contributed by atoms with Crippen LogP contribution in [0.4, 0.5) is 0 Å². The van der Waals surface area contributed by atoms with E-state index in [9.17, 15) is 14.4 Å². The van der Waals surface area contributed by atoms with Crippen LogP contribution in [0.3, 0.4) is 0 Å². The Hall–Kier alpha value is -3.80. The third-order valence-corrected chi connectivity index (χ3v) is 7.12. The first kappa shape index (κ1) is 23.0. The van der Waals surface area contributed by atoms with Crippen molar-refractivity contribution >= 4 is 17.7 Å². The molecule has 1 aliphatic carbocycles. The highest BCUT2D eigenvalue weighted by atomic mass is 16.2. The van der Waals surface area contributed by atoms with Gasteiger partial charge in [-0.2, -0.15) is 0 Å². The Morgan fingerprint density at radius 3 is 2.26 bits per heavy atom. The first-order valence-corrected chi connectivity index (χ1v) is 12.2. The number of carbonyl (C=O) groups is 3. The number of imide groups is 1. The number of likely N-dealkylation sites (tertiary alicyclic amines) is 1. The molecule has 1 aliphatic heterocycles. The number of hydrogen-bond donors (Lipinski definition) is 0. The van der Waals surface area contributed by atoms with Crippen molar-refractivity contribution in [1.82, 2.24) is 14.8 Å². The predicted octanol–water partition coefficient (Wildman–Crippen LogP) is 4.35. The number of hydrogen-bond acceptors (Lipinski definition) is 4. The number of nitrogens with zero attached hydrogens (tertiary/aromatic N) is 3. The fourth-order valence-corrected chi connectivity index (χ4v) is 5.00. The minimum atomic E-state index is -1.17. The summed E-state index contributed by atoms with van der Waals surface area (Å²) in [7, 11) is 0. The lowest BCUT2D eigenvalue weighted by Gasteiger charge is -2.30. The standard InChI is InChI=1S/C29H29N3O3/c1-2-31(20-21-14-16-30-17-15-21)26(33)18-29(19-27(34)32(28(29)35)25-12-13-25)24-10-8-23(9-11-24)22-6-4-3-5-7-22/h3-11,14-17,25H,2,12-13,18-20H2,1H3/t29-/m1/s1.